The van der Waals surface area contributed by atoms with E-state index in [2.05, 4.69) is 20.4 Å². The Labute approximate surface area is 148 Å². The van der Waals surface area contributed by atoms with Crippen molar-refractivity contribution >= 4 is 23.1 Å². The Bertz CT molecular complexity index is 1080. The number of imidazole rings is 1. The Hall–Kier alpha value is -3.94. The Morgan fingerprint density at radius 1 is 1.15 bits per heavy atom. The lowest BCUT2D eigenvalue weighted by molar-refractivity contribution is 0.102. The van der Waals surface area contributed by atoms with Crippen molar-refractivity contribution in [3.63, 3.8) is 0 Å². The van der Waals surface area contributed by atoms with Crippen LogP contribution in [0.3, 0.4) is 0 Å². The highest BCUT2D eigenvalue weighted by Gasteiger charge is 2.10. The molecular formula is C18H14N6O2. The number of amides is 1. The van der Waals surface area contributed by atoms with E-state index in [-0.39, 0.29) is 5.91 Å². The van der Waals surface area contributed by atoms with Crippen molar-refractivity contribution < 1.29 is 9.53 Å². The van der Waals surface area contributed by atoms with Crippen LogP contribution in [0.2, 0.25) is 0 Å². The number of nitrogens with two attached hydrogens (primary N) is 1. The Kier molecular flexibility index (Phi) is 3.91. The van der Waals surface area contributed by atoms with Gasteiger partial charge in [-0.2, -0.15) is 0 Å². The molecule has 0 saturated heterocycles. The summed E-state index contributed by atoms with van der Waals surface area (Å²) in [6.07, 6.45) is 4.70. The van der Waals surface area contributed by atoms with Crippen LogP contribution in [0.5, 0.6) is 11.6 Å². The van der Waals surface area contributed by atoms with E-state index in [1.807, 2.05) is 0 Å². The number of fused-ring (bicyclic) bond motifs is 1. The average molecular weight is 346 g/mol. The first-order valence-corrected chi connectivity index (χ1v) is 7.78. The van der Waals surface area contributed by atoms with Gasteiger partial charge in [0.15, 0.2) is 11.5 Å². The highest BCUT2D eigenvalue weighted by molar-refractivity contribution is 6.03. The fraction of sp³-hybridized carbons (Fsp3) is 0. The number of anilines is 2. The first kappa shape index (κ1) is 15.6. The number of benzene rings is 1. The summed E-state index contributed by atoms with van der Waals surface area (Å²) in [5.41, 5.74) is 7.37. The molecule has 128 valence electrons. The van der Waals surface area contributed by atoms with E-state index in [0.717, 1.165) is 0 Å². The summed E-state index contributed by atoms with van der Waals surface area (Å²) in [4.78, 5) is 20.4. The van der Waals surface area contributed by atoms with Crippen molar-refractivity contribution in [1.29, 1.82) is 0 Å². The standard InChI is InChI=1S/C18H14N6O2/c19-13-4-1-5-14(9-13)26-17-7-6-16-21-15(11-24(16)23-17)22-18(25)12-3-2-8-20-10-12/h1-11H,19H2,(H,22,25). The van der Waals surface area contributed by atoms with Crippen molar-refractivity contribution in [2.45, 2.75) is 0 Å². The van der Waals surface area contributed by atoms with Crippen molar-refractivity contribution in [3.8, 4) is 11.6 Å². The van der Waals surface area contributed by atoms with Crippen LogP contribution in [0.15, 0.2) is 67.1 Å². The number of carbonyl (C=O) groups is 1. The quantitative estimate of drug-likeness (QED) is 0.550. The molecular weight excluding hydrogens is 332 g/mol. The van der Waals surface area contributed by atoms with E-state index < -0.39 is 0 Å². The number of aromatic nitrogens is 4. The van der Waals surface area contributed by atoms with Crippen LogP contribution in [-0.2, 0) is 0 Å². The van der Waals surface area contributed by atoms with Crippen LogP contribution in [0.1, 0.15) is 10.4 Å². The third kappa shape index (κ3) is 3.29. The van der Waals surface area contributed by atoms with Gasteiger partial charge in [-0.25, -0.2) is 9.50 Å². The molecule has 1 aromatic carbocycles. The number of rotatable bonds is 4. The second-order valence-corrected chi connectivity index (χ2v) is 5.47. The van der Waals surface area contributed by atoms with Gasteiger partial charge < -0.3 is 15.8 Å². The molecule has 0 atom stereocenters. The Morgan fingerprint density at radius 3 is 2.88 bits per heavy atom. The molecule has 8 heteroatoms. The molecule has 0 unspecified atom stereocenters. The molecule has 0 fully saturated rings. The molecule has 0 saturated carbocycles. The van der Waals surface area contributed by atoms with Crippen LogP contribution in [-0.4, -0.2) is 25.5 Å². The normalized spacial score (nSPS) is 10.6. The summed E-state index contributed by atoms with van der Waals surface area (Å²) < 4.78 is 7.22. The highest BCUT2D eigenvalue weighted by atomic mass is 16.5. The van der Waals surface area contributed by atoms with Crippen LogP contribution in [0.4, 0.5) is 11.5 Å². The van der Waals surface area contributed by atoms with Crippen molar-refractivity contribution in [3.05, 3.63) is 72.7 Å². The summed E-state index contributed by atoms with van der Waals surface area (Å²) in [5.74, 6) is 1.05. The summed E-state index contributed by atoms with van der Waals surface area (Å²) in [5, 5.41) is 7.04. The van der Waals surface area contributed by atoms with Gasteiger partial charge in [0.25, 0.3) is 5.91 Å². The average Bonchev–Trinajstić information content (AvgIpc) is 3.04. The lowest BCUT2D eigenvalue weighted by Crippen LogP contribution is -2.12. The van der Waals surface area contributed by atoms with E-state index >= 15 is 0 Å². The lowest BCUT2D eigenvalue weighted by atomic mass is 10.3. The fourth-order valence-electron chi connectivity index (χ4n) is 2.36. The van der Waals surface area contributed by atoms with Gasteiger partial charge in [-0.3, -0.25) is 9.78 Å². The molecule has 3 N–H and O–H groups in total. The Morgan fingerprint density at radius 2 is 2.08 bits per heavy atom. The molecule has 4 rings (SSSR count). The van der Waals surface area contributed by atoms with Crippen molar-refractivity contribution in [1.82, 2.24) is 19.6 Å². The van der Waals surface area contributed by atoms with Gasteiger partial charge in [-0.15, -0.1) is 5.10 Å². The number of carbonyl (C=O) groups excluding carboxylic acids is 1. The number of nitrogens with one attached hydrogen (secondary N) is 1. The van der Waals surface area contributed by atoms with E-state index in [4.69, 9.17) is 10.5 Å². The number of nitrogen functional groups attached to an aromatic ring is 1. The first-order chi connectivity index (χ1) is 12.7. The third-order valence-corrected chi connectivity index (χ3v) is 3.54. The number of hydrogen-bond acceptors (Lipinski definition) is 6. The van der Waals surface area contributed by atoms with Crippen molar-refractivity contribution in [2.24, 2.45) is 0 Å². The molecule has 0 aliphatic rings. The monoisotopic (exact) mass is 346 g/mol. The van der Waals surface area contributed by atoms with Gasteiger partial charge >= 0.3 is 0 Å². The smallest absolute Gasteiger partial charge is 0.258 e. The summed E-state index contributed by atoms with van der Waals surface area (Å²) in [6.45, 7) is 0. The molecule has 4 aromatic rings. The number of hydrogen-bond donors (Lipinski definition) is 2. The van der Waals surface area contributed by atoms with Gasteiger partial charge in [0.1, 0.15) is 5.75 Å². The van der Waals surface area contributed by atoms with Crippen LogP contribution in [0, 0.1) is 0 Å². The Balaban J connectivity index is 1.55. The first-order valence-electron chi connectivity index (χ1n) is 7.78. The van der Waals surface area contributed by atoms with Crippen LogP contribution < -0.4 is 15.8 Å². The predicted molar refractivity (Wildman–Crippen MR) is 96.1 cm³/mol. The molecule has 0 radical (unpaired) electrons. The topological polar surface area (TPSA) is 107 Å². The second kappa shape index (κ2) is 6.52. The zero-order valence-corrected chi connectivity index (χ0v) is 13.5. The SMILES string of the molecule is Nc1cccc(Oc2ccc3nc(NC(=O)c4cccnc4)cn3n2)c1. The molecule has 3 heterocycles. The molecule has 0 spiro atoms. The molecule has 0 aliphatic heterocycles. The zero-order valence-electron chi connectivity index (χ0n) is 13.5. The maximum absolute atomic E-state index is 12.2. The maximum atomic E-state index is 12.2. The largest absolute Gasteiger partial charge is 0.438 e. The molecule has 1 amide bonds. The van der Waals surface area contributed by atoms with Gasteiger partial charge in [0.2, 0.25) is 5.88 Å². The van der Waals surface area contributed by atoms with E-state index in [1.165, 1.54) is 10.7 Å². The lowest BCUT2D eigenvalue weighted by Gasteiger charge is -2.05. The van der Waals surface area contributed by atoms with Gasteiger partial charge in [0.05, 0.1) is 11.8 Å². The summed E-state index contributed by atoms with van der Waals surface area (Å²) in [7, 11) is 0. The van der Waals surface area contributed by atoms with E-state index in [9.17, 15) is 4.79 Å². The minimum Gasteiger partial charge on any atom is -0.438 e. The van der Waals surface area contributed by atoms with Gasteiger partial charge in [-0.05, 0) is 30.3 Å². The molecule has 0 bridgehead atoms. The van der Waals surface area contributed by atoms with Crippen molar-refractivity contribution in [2.75, 3.05) is 11.1 Å². The predicted octanol–water partition coefficient (Wildman–Crippen LogP) is 2.75. The zero-order chi connectivity index (χ0) is 17.9. The number of pyridine rings is 1. The molecule has 0 aliphatic carbocycles. The second-order valence-electron chi connectivity index (χ2n) is 5.47. The minimum absolute atomic E-state index is 0.294. The van der Waals surface area contributed by atoms with E-state index in [0.29, 0.717) is 34.3 Å². The van der Waals surface area contributed by atoms with Gasteiger partial charge in [-0.1, -0.05) is 6.07 Å². The minimum atomic E-state index is -0.294. The summed E-state index contributed by atoms with van der Waals surface area (Å²) in [6, 6.07) is 13.9. The number of nitrogens with zero attached hydrogens (tertiary/aromatic N) is 4. The molecule has 8 nitrogen and oxygen atoms in total. The number of ether oxygens (including phenoxy) is 1. The van der Waals surface area contributed by atoms with Crippen LogP contribution >= 0.6 is 0 Å². The highest BCUT2D eigenvalue weighted by Crippen LogP contribution is 2.22. The molecule has 26 heavy (non-hydrogen) atoms. The maximum Gasteiger partial charge on any atom is 0.258 e. The third-order valence-electron chi connectivity index (χ3n) is 3.54. The fourth-order valence-corrected chi connectivity index (χ4v) is 2.36. The van der Waals surface area contributed by atoms with Gasteiger partial charge in [0, 0.05) is 30.2 Å². The van der Waals surface area contributed by atoms with Crippen LogP contribution in [0.25, 0.3) is 5.65 Å². The molecule has 3 aromatic heterocycles. The summed E-state index contributed by atoms with van der Waals surface area (Å²) >= 11 is 0. The van der Waals surface area contributed by atoms with E-state index in [1.54, 1.807) is 60.9 Å².